The number of H-pyrrole nitrogens is 1. The van der Waals surface area contributed by atoms with Crippen LogP contribution < -0.4 is 19.8 Å². The number of fused-ring (bicyclic) bond motifs is 9. The lowest BCUT2D eigenvalue weighted by molar-refractivity contribution is -0.137. The van der Waals surface area contributed by atoms with Crippen molar-refractivity contribution in [2.45, 2.75) is 28.8 Å². The van der Waals surface area contributed by atoms with E-state index in [1.54, 1.807) is 24.3 Å². The lowest BCUT2D eigenvalue weighted by Gasteiger charge is -2.43. The van der Waals surface area contributed by atoms with E-state index in [2.05, 4.69) is 10.3 Å². The van der Waals surface area contributed by atoms with E-state index in [9.17, 15) is 32.3 Å². The Morgan fingerprint density at radius 3 is 2.47 bits per heavy atom. The molecule has 4 aromatic rings. The number of carbonyl (C=O) groups excluding carboxylic acids is 3. The number of aromatic amines is 1. The fraction of sp³-hybridized carbons (Fsp3) is 0.294. The second kappa shape index (κ2) is 11.9. The summed E-state index contributed by atoms with van der Waals surface area (Å²) in [5.41, 5.74) is 0.267. The summed E-state index contributed by atoms with van der Waals surface area (Å²) in [6.45, 7) is -0.296. The zero-order valence-corrected chi connectivity index (χ0v) is 28.1. The van der Waals surface area contributed by atoms with Crippen LogP contribution in [0.2, 0.25) is 10.0 Å². The first-order valence-corrected chi connectivity index (χ1v) is 17.8. The number of amides is 3. The van der Waals surface area contributed by atoms with Crippen molar-refractivity contribution >= 4 is 75.4 Å². The van der Waals surface area contributed by atoms with Gasteiger partial charge < -0.3 is 15.0 Å². The predicted octanol–water partition coefficient (Wildman–Crippen LogP) is 7.46. The molecule has 1 aromatic heterocycles. The Labute approximate surface area is 294 Å². The maximum atomic E-state index is 14.0. The number of nitrogens with zero attached hydrogens (tertiary/aromatic N) is 1. The highest BCUT2D eigenvalue weighted by molar-refractivity contribution is 8.00. The summed E-state index contributed by atoms with van der Waals surface area (Å²) in [6.07, 6.45) is -4.01. The van der Waals surface area contributed by atoms with Crippen LogP contribution in [0.1, 0.15) is 28.3 Å². The third-order valence-corrected chi connectivity index (χ3v) is 13.3. The summed E-state index contributed by atoms with van der Waals surface area (Å²) >= 11 is 14.6. The van der Waals surface area contributed by atoms with Crippen LogP contribution in [0.3, 0.4) is 0 Å². The minimum absolute atomic E-state index is 0.0812. The number of rotatable bonds is 6. The average Bonchev–Trinajstić information content (AvgIpc) is 3.80. The summed E-state index contributed by atoms with van der Waals surface area (Å²) in [5, 5.41) is 3.96. The number of hydrogen-bond acceptors (Lipinski definition) is 7. The normalized spacial score (nSPS) is 26.8. The molecule has 4 aliphatic rings. The number of thioether (sulfide) groups is 1. The van der Waals surface area contributed by atoms with Gasteiger partial charge in [0.2, 0.25) is 11.8 Å². The summed E-state index contributed by atoms with van der Waals surface area (Å²) < 4.78 is 46.4. The number of hydrogen-bond donors (Lipinski definition) is 2. The molecule has 6 unspecified atom stereocenters. The van der Waals surface area contributed by atoms with Crippen molar-refractivity contribution in [3.05, 3.63) is 102 Å². The van der Waals surface area contributed by atoms with Crippen LogP contribution in [0, 0.1) is 29.6 Å². The molecule has 2 aliphatic heterocycles. The van der Waals surface area contributed by atoms with Gasteiger partial charge in [0.05, 0.1) is 38.2 Å². The number of aromatic nitrogens is 1. The van der Waals surface area contributed by atoms with E-state index in [-0.39, 0.29) is 46.1 Å². The molecule has 3 amide bonds. The maximum absolute atomic E-state index is 14.0. The molecule has 2 bridgehead atoms. The van der Waals surface area contributed by atoms with Crippen LogP contribution in [0.15, 0.2) is 76.6 Å². The minimum Gasteiger partial charge on any atom is -0.484 e. The number of imide groups is 1. The standard InChI is InChI=1S/C34H24Cl2F3N3O5S2/c35-21-8-7-16(11-22(21)36)40-23(43)13-47-18-6-1-3-14(9-18)24-25-19-12-20(28(25)48-30-29(24)49-33(46)41-30)27-26(19)31(44)42(32(27)45)17-5-2-4-15(10-17)34(37,38)39/h1-11,19-20,24-28H,12-13H2,(H,40,43)(H,41,46)/t19?,20?,24-,25?,26?,27?,28?/m1/s1. The van der Waals surface area contributed by atoms with Crippen molar-refractivity contribution in [2.24, 2.45) is 29.6 Å². The van der Waals surface area contributed by atoms with Gasteiger partial charge >= 0.3 is 11.0 Å². The van der Waals surface area contributed by atoms with Crippen LogP contribution >= 0.6 is 46.3 Å². The summed E-state index contributed by atoms with van der Waals surface area (Å²) in [6, 6.07) is 16.3. The number of benzene rings is 3. The molecule has 2 aliphatic carbocycles. The van der Waals surface area contributed by atoms with Crippen molar-refractivity contribution in [2.75, 3.05) is 16.8 Å². The van der Waals surface area contributed by atoms with Gasteiger partial charge in [-0.15, -0.1) is 11.8 Å². The highest BCUT2D eigenvalue weighted by Crippen LogP contribution is 2.68. The van der Waals surface area contributed by atoms with E-state index in [0.29, 0.717) is 32.9 Å². The van der Waals surface area contributed by atoms with Crippen molar-refractivity contribution < 1.29 is 32.3 Å². The quantitative estimate of drug-likeness (QED) is 0.199. The number of thiazole rings is 1. The molecular weight excluding hydrogens is 722 g/mol. The Hall–Kier alpha value is -3.78. The molecule has 49 heavy (non-hydrogen) atoms. The number of anilines is 2. The molecule has 8 rings (SSSR count). The first-order chi connectivity index (χ1) is 23.4. The topological polar surface area (TPSA) is 109 Å². The highest BCUT2D eigenvalue weighted by Gasteiger charge is 2.69. The van der Waals surface area contributed by atoms with Crippen LogP contribution in [-0.2, 0) is 20.6 Å². The van der Waals surface area contributed by atoms with Gasteiger partial charge in [0.1, 0.15) is 5.75 Å². The minimum atomic E-state index is -4.63. The van der Waals surface area contributed by atoms with Gasteiger partial charge in [-0.25, -0.2) is 0 Å². The zero-order valence-electron chi connectivity index (χ0n) is 25.0. The van der Waals surface area contributed by atoms with Crippen molar-refractivity contribution in [1.82, 2.24) is 4.98 Å². The first-order valence-electron chi connectivity index (χ1n) is 15.3. The van der Waals surface area contributed by atoms with Crippen molar-refractivity contribution in [3.63, 3.8) is 0 Å². The molecule has 0 spiro atoms. The molecule has 15 heteroatoms. The lowest BCUT2D eigenvalue weighted by Crippen LogP contribution is -2.42. The van der Waals surface area contributed by atoms with Gasteiger partial charge in [0.25, 0.3) is 5.91 Å². The van der Waals surface area contributed by atoms with Crippen LogP contribution in [0.5, 0.6) is 5.75 Å². The number of nitrogens with one attached hydrogen (secondary N) is 2. The summed E-state index contributed by atoms with van der Waals surface area (Å²) in [7, 11) is 0. The van der Waals surface area contributed by atoms with Gasteiger partial charge in [-0.2, -0.15) is 13.2 Å². The second-order valence-electron chi connectivity index (χ2n) is 12.6. The van der Waals surface area contributed by atoms with Gasteiger partial charge in [-0.05, 0) is 78.3 Å². The number of ether oxygens (including phenoxy) is 1. The third kappa shape index (κ3) is 5.45. The molecule has 7 atom stereocenters. The molecule has 8 nitrogen and oxygen atoms in total. The Morgan fingerprint density at radius 1 is 0.959 bits per heavy atom. The Kier molecular flexibility index (Phi) is 7.89. The average molecular weight is 747 g/mol. The highest BCUT2D eigenvalue weighted by atomic mass is 35.5. The molecule has 2 N–H and O–H groups in total. The smallest absolute Gasteiger partial charge is 0.416 e. The van der Waals surface area contributed by atoms with Crippen LogP contribution in [-0.4, -0.2) is 34.6 Å². The molecule has 3 fully saturated rings. The molecule has 252 valence electrons. The summed E-state index contributed by atoms with van der Waals surface area (Å²) in [5.74, 6) is -3.20. The number of carbonyl (C=O) groups is 3. The molecule has 0 radical (unpaired) electrons. The van der Waals surface area contributed by atoms with E-state index in [1.807, 2.05) is 12.1 Å². The Morgan fingerprint density at radius 2 is 1.71 bits per heavy atom. The third-order valence-electron chi connectivity index (χ3n) is 9.95. The Balaban J connectivity index is 1.08. The fourth-order valence-corrected chi connectivity index (χ4v) is 11.4. The maximum Gasteiger partial charge on any atom is 0.416 e. The van der Waals surface area contributed by atoms with E-state index in [0.717, 1.165) is 38.8 Å². The molecule has 1 saturated heterocycles. The van der Waals surface area contributed by atoms with Gasteiger partial charge in [0.15, 0.2) is 6.61 Å². The van der Waals surface area contributed by atoms with E-state index in [1.165, 1.54) is 30.0 Å². The van der Waals surface area contributed by atoms with Gasteiger partial charge in [-0.3, -0.25) is 24.1 Å². The largest absolute Gasteiger partial charge is 0.484 e. The van der Waals surface area contributed by atoms with Crippen molar-refractivity contribution in [1.29, 1.82) is 0 Å². The van der Waals surface area contributed by atoms with Crippen molar-refractivity contribution in [3.8, 4) is 5.75 Å². The first kappa shape index (κ1) is 32.4. The molecule has 3 aromatic carbocycles. The fourth-order valence-electron chi connectivity index (χ4n) is 8.18. The predicted molar refractivity (Wildman–Crippen MR) is 179 cm³/mol. The van der Waals surface area contributed by atoms with E-state index in [4.69, 9.17) is 27.9 Å². The summed E-state index contributed by atoms with van der Waals surface area (Å²) in [4.78, 5) is 57.6. The lowest BCUT2D eigenvalue weighted by atomic mass is 9.68. The molecule has 3 heterocycles. The van der Waals surface area contributed by atoms with E-state index < -0.39 is 41.3 Å². The SMILES string of the molecule is O=C(COc1cccc([C@H]2c3sc(=O)[nH]c3SC3C4CC(C5C(=O)N(c6cccc(C(F)(F)F)c6)C(=O)C45)C32)c1)Nc1ccc(Cl)c(Cl)c1. The Bertz CT molecular complexity index is 2110. The molecular formula is C34H24Cl2F3N3O5S2. The van der Waals surface area contributed by atoms with E-state index >= 15 is 0 Å². The molecule has 2 saturated carbocycles. The van der Waals surface area contributed by atoms with Crippen LogP contribution in [0.4, 0.5) is 24.5 Å². The second-order valence-corrected chi connectivity index (χ2v) is 15.6. The monoisotopic (exact) mass is 745 g/mol. The number of halogens is 5. The van der Waals surface area contributed by atoms with Crippen LogP contribution in [0.25, 0.3) is 0 Å². The van der Waals surface area contributed by atoms with Gasteiger partial charge in [0, 0.05) is 21.7 Å². The van der Waals surface area contributed by atoms with Gasteiger partial charge in [-0.1, -0.05) is 52.7 Å². The zero-order chi connectivity index (χ0) is 34.4. The number of alkyl halides is 3.